The lowest BCUT2D eigenvalue weighted by Gasteiger charge is -2.18. The van der Waals surface area contributed by atoms with Crippen LogP contribution < -0.4 is 10.1 Å². The SMILES string of the molecule is CNC(COC)COc1c(C)cccc1C. The third-order valence-electron chi connectivity index (χ3n) is 2.61. The summed E-state index contributed by atoms with van der Waals surface area (Å²) in [6, 6.07) is 6.39. The number of methoxy groups -OCH3 is 1. The minimum atomic E-state index is 0.226. The predicted octanol–water partition coefficient (Wildman–Crippen LogP) is 1.92. The number of hydrogen-bond donors (Lipinski definition) is 1. The van der Waals surface area contributed by atoms with E-state index < -0.39 is 0 Å². The Balaban J connectivity index is 2.59. The van der Waals surface area contributed by atoms with Crippen molar-refractivity contribution in [3.63, 3.8) is 0 Å². The van der Waals surface area contributed by atoms with Gasteiger partial charge in [0.1, 0.15) is 12.4 Å². The van der Waals surface area contributed by atoms with E-state index in [2.05, 4.69) is 31.3 Å². The zero-order valence-corrected chi connectivity index (χ0v) is 10.5. The summed E-state index contributed by atoms with van der Waals surface area (Å²) in [5.41, 5.74) is 2.35. The number of hydrogen-bond acceptors (Lipinski definition) is 3. The molecule has 1 atom stereocenters. The molecule has 1 rings (SSSR count). The first-order valence-electron chi connectivity index (χ1n) is 5.54. The first-order chi connectivity index (χ1) is 7.69. The van der Waals surface area contributed by atoms with Crippen LogP contribution in [0.5, 0.6) is 5.75 Å². The summed E-state index contributed by atoms with van der Waals surface area (Å²) in [5.74, 6) is 0.985. The lowest BCUT2D eigenvalue weighted by molar-refractivity contribution is 0.139. The van der Waals surface area contributed by atoms with Crippen molar-refractivity contribution in [2.24, 2.45) is 0 Å². The molecule has 0 aliphatic heterocycles. The maximum absolute atomic E-state index is 5.83. The first-order valence-corrected chi connectivity index (χ1v) is 5.54. The number of aryl methyl sites for hydroxylation is 2. The van der Waals surface area contributed by atoms with Gasteiger partial charge in [-0.1, -0.05) is 18.2 Å². The minimum absolute atomic E-state index is 0.226. The van der Waals surface area contributed by atoms with Gasteiger partial charge in [-0.15, -0.1) is 0 Å². The van der Waals surface area contributed by atoms with E-state index in [0.29, 0.717) is 13.2 Å². The van der Waals surface area contributed by atoms with Gasteiger partial charge in [-0.05, 0) is 32.0 Å². The number of rotatable bonds is 6. The van der Waals surface area contributed by atoms with Crippen molar-refractivity contribution in [2.75, 3.05) is 27.4 Å². The van der Waals surface area contributed by atoms with Gasteiger partial charge in [-0.3, -0.25) is 0 Å². The van der Waals surface area contributed by atoms with Crippen LogP contribution in [0.15, 0.2) is 18.2 Å². The molecule has 0 radical (unpaired) electrons. The van der Waals surface area contributed by atoms with Crippen LogP contribution in [-0.4, -0.2) is 33.4 Å². The highest BCUT2D eigenvalue weighted by Crippen LogP contribution is 2.22. The third-order valence-corrected chi connectivity index (χ3v) is 2.61. The number of para-hydroxylation sites is 1. The monoisotopic (exact) mass is 223 g/mol. The topological polar surface area (TPSA) is 30.5 Å². The van der Waals surface area contributed by atoms with E-state index in [1.165, 1.54) is 11.1 Å². The highest BCUT2D eigenvalue weighted by molar-refractivity contribution is 5.39. The second kappa shape index (κ2) is 6.51. The number of ether oxygens (including phenoxy) is 2. The maximum atomic E-state index is 5.83. The number of nitrogens with one attached hydrogen (secondary N) is 1. The van der Waals surface area contributed by atoms with Crippen molar-refractivity contribution in [3.8, 4) is 5.75 Å². The molecule has 0 aromatic heterocycles. The molecule has 90 valence electrons. The van der Waals surface area contributed by atoms with E-state index in [-0.39, 0.29) is 6.04 Å². The fraction of sp³-hybridized carbons (Fsp3) is 0.538. The smallest absolute Gasteiger partial charge is 0.125 e. The summed E-state index contributed by atoms with van der Waals surface area (Å²) in [6.45, 7) is 5.40. The van der Waals surface area contributed by atoms with Gasteiger partial charge in [-0.2, -0.15) is 0 Å². The third kappa shape index (κ3) is 3.51. The van der Waals surface area contributed by atoms with Gasteiger partial charge in [0.25, 0.3) is 0 Å². The Morgan fingerprint density at radius 3 is 2.31 bits per heavy atom. The molecule has 0 aliphatic rings. The summed E-state index contributed by atoms with van der Waals surface area (Å²) in [5, 5.41) is 3.16. The summed E-state index contributed by atoms with van der Waals surface area (Å²) in [7, 11) is 3.61. The lowest BCUT2D eigenvalue weighted by atomic mass is 10.1. The van der Waals surface area contributed by atoms with Gasteiger partial charge in [-0.25, -0.2) is 0 Å². The van der Waals surface area contributed by atoms with Gasteiger partial charge in [0, 0.05) is 7.11 Å². The molecule has 0 fully saturated rings. The Bertz CT molecular complexity index is 305. The fourth-order valence-electron chi connectivity index (χ4n) is 1.63. The zero-order chi connectivity index (χ0) is 12.0. The number of benzene rings is 1. The van der Waals surface area contributed by atoms with Gasteiger partial charge in [0.05, 0.1) is 12.6 Å². The van der Waals surface area contributed by atoms with Crippen molar-refractivity contribution < 1.29 is 9.47 Å². The van der Waals surface area contributed by atoms with Gasteiger partial charge >= 0.3 is 0 Å². The Morgan fingerprint density at radius 2 is 1.81 bits per heavy atom. The van der Waals surface area contributed by atoms with Crippen molar-refractivity contribution >= 4 is 0 Å². The fourth-order valence-corrected chi connectivity index (χ4v) is 1.63. The Morgan fingerprint density at radius 1 is 1.19 bits per heavy atom. The van der Waals surface area contributed by atoms with E-state index >= 15 is 0 Å². The molecular formula is C13H21NO2. The molecule has 0 amide bonds. The van der Waals surface area contributed by atoms with Crippen molar-refractivity contribution in [2.45, 2.75) is 19.9 Å². The van der Waals surface area contributed by atoms with Crippen LogP contribution in [-0.2, 0) is 4.74 Å². The largest absolute Gasteiger partial charge is 0.491 e. The molecule has 16 heavy (non-hydrogen) atoms. The van der Waals surface area contributed by atoms with Crippen LogP contribution >= 0.6 is 0 Å². The van der Waals surface area contributed by atoms with E-state index in [9.17, 15) is 0 Å². The molecule has 0 bridgehead atoms. The first kappa shape index (κ1) is 13.0. The van der Waals surface area contributed by atoms with Crippen molar-refractivity contribution in [3.05, 3.63) is 29.3 Å². The standard InChI is InChI=1S/C13H21NO2/c1-10-6-5-7-11(2)13(10)16-9-12(14-3)8-15-4/h5-7,12,14H,8-9H2,1-4H3. The van der Waals surface area contributed by atoms with Crippen LogP contribution in [0.4, 0.5) is 0 Å². The Kier molecular flexibility index (Phi) is 5.29. The molecule has 1 aromatic carbocycles. The normalized spacial score (nSPS) is 12.5. The summed E-state index contributed by atoms with van der Waals surface area (Å²) in [4.78, 5) is 0. The van der Waals surface area contributed by atoms with Crippen LogP contribution in [0.3, 0.4) is 0 Å². The average Bonchev–Trinajstić information content (AvgIpc) is 2.27. The Hall–Kier alpha value is -1.06. The van der Waals surface area contributed by atoms with E-state index in [4.69, 9.17) is 9.47 Å². The van der Waals surface area contributed by atoms with E-state index in [0.717, 1.165) is 5.75 Å². The minimum Gasteiger partial charge on any atom is -0.491 e. The molecule has 1 unspecified atom stereocenters. The van der Waals surface area contributed by atoms with E-state index in [1.54, 1.807) is 7.11 Å². The number of likely N-dealkylation sites (N-methyl/N-ethyl adjacent to an activating group) is 1. The molecule has 0 saturated carbocycles. The highest BCUT2D eigenvalue weighted by atomic mass is 16.5. The highest BCUT2D eigenvalue weighted by Gasteiger charge is 2.08. The van der Waals surface area contributed by atoms with Crippen LogP contribution in [0.25, 0.3) is 0 Å². The zero-order valence-electron chi connectivity index (χ0n) is 10.5. The summed E-state index contributed by atoms with van der Waals surface area (Å²) >= 11 is 0. The summed E-state index contributed by atoms with van der Waals surface area (Å²) < 4.78 is 10.9. The average molecular weight is 223 g/mol. The van der Waals surface area contributed by atoms with Crippen molar-refractivity contribution in [1.82, 2.24) is 5.32 Å². The molecule has 0 heterocycles. The molecule has 1 aromatic rings. The quantitative estimate of drug-likeness (QED) is 0.799. The predicted molar refractivity (Wildman–Crippen MR) is 66.1 cm³/mol. The second-order valence-corrected chi connectivity index (χ2v) is 3.97. The molecule has 3 nitrogen and oxygen atoms in total. The van der Waals surface area contributed by atoms with Crippen LogP contribution in [0, 0.1) is 13.8 Å². The second-order valence-electron chi connectivity index (χ2n) is 3.97. The molecule has 0 saturated heterocycles. The van der Waals surface area contributed by atoms with E-state index in [1.807, 2.05) is 13.1 Å². The van der Waals surface area contributed by atoms with Gasteiger partial charge in [0.15, 0.2) is 0 Å². The molecule has 1 N–H and O–H groups in total. The van der Waals surface area contributed by atoms with Crippen molar-refractivity contribution in [1.29, 1.82) is 0 Å². The lowest BCUT2D eigenvalue weighted by Crippen LogP contribution is -2.35. The van der Waals surface area contributed by atoms with Gasteiger partial charge in [0.2, 0.25) is 0 Å². The summed E-state index contributed by atoms with van der Waals surface area (Å²) in [6.07, 6.45) is 0. The van der Waals surface area contributed by atoms with Gasteiger partial charge < -0.3 is 14.8 Å². The molecule has 0 spiro atoms. The van der Waals surface area contributed by atoms with Crippen LogP contribution in [0.1, 0.15) is 11.1 Å². The molecule has 3 heteroatoms. The Labute approximate surface area is 97.8 Å². The van der Waals surface area contributed by atoms with Crippen LogP contribution in [0.2, 0.25) is 0 Å². The molecular weight excluding hydrogens is 202 g/mol. The maximum Gasteiger partial charge on any atom is 0.125 e. The molecule has 0 aliphatic carbocycles.